The smallest absolute Gasteiger partial charge is 0.129 e. The molecule has 3 rings (SSSR count). The van der Waals surface area contributed by atoms with Crippen molar-refractivity contribution in [3.8, 4) is 0 Å². The van der Waals surface area contributed by atoms with Crippen molar-refractivity contribution in [1.82, 2.24) is 0 Å². The Hall–Kier alpha value is -1.19. The van der Waals surface area contributed by atoms with E-state index >= 15 is 0 Å². The van der Waals surface area contributed by atoms with Gasteiger partial charge in [0.05, 0.1) is 0 Å². The van der Waals surface area contributed by atoms with Crippen LogP contribution in [0.25, 0.3) is 0 Å². The third-order valence-electron chi connectivity index (χ3n) is 4.06. The summed E-state index contributed by atoms with van der Waals surface area (Å²) >= 11 is 3.32. The van der Waals surface area contributed by atoms with Crippen LogP contribution in [0.4, 0.5) is 4.39 Å². The van der Waals surface area contributed by atoms with Crippen LogP contribution in [-0.4, -0.2) is 5.11 Å². The van der Waals surface area contributed by atoms with Crippen LogP contribution in [0.1, 0.15) is 48.0 Å². The van der Waals surface area contributed by atoms with Crippen molar-refractivity contribution in [1.29, 1.82) is 0 Å². The SMILES string of the molecule is OC(c1cccc(C2CCC2)c1)c1cc(Br)ccc1F. The maximum atomic E-state index is 13.9. The van der Waals surface area contributed by atoms with Gasteiger partial charge in [-0.25, -0.2) is 4.39 Å². The molecular weight excluding hydrogens is 319 g/mol. The predicted molar refractivity (Wildman–Crippen MR) is 81.2 cm³/mol. The van der Waals surface area contributed by atoms with Gasteiger partial charge in [-0.2, -0.15) is 0 Å². The van der Waals surface area contributed by atoms with E-state index in [1.807, 2.05) is 18.2 Å². The van der Waals surface area contributed by atoms with Crippen LogP contribution < -0.4 is 0 Å². The van der Waals surface area contributed by atoms with Crippen LogP contribution in [0.5, 0.6) is 0 Å². The zero-order valence-corrected chi connectivity index (χ0v) is 12.6. The van der Waals surface area contributed by atoms with Crippen molar-refractivity contribution >= 4 is 15.9 Å². The Labute approximate surface area is 126 Å². The van der Waals surface area contributed by atoms with Crippen LogP contribution >= 0.6 is 15.9 Å². The Morgan fingerprint density at radius 1 is 1.15 bits per heavy atom. The molecule has 2 aromatic carbocycles. The third-order valence-corrected chi connectivity index (χ3v) is 4.55. The molecule has 0 saturated heterocycles. The fourth-order valence-electron chi connectivity index (χ4n) is 2.63. The minimum absolute atomic E-state index is 0.310. The molecule has 1 atom stereocenters. The van der Waals surface area contributed by atoms with Gasteiger partial charge >= 0.3 is 0 Å². The number of halogens is 2. The average molecular weight is 335 g/mol. The van der Waals surface area contributed by atoms with E-state index in [0.717, 1.165) is 10.0 Å². The van der Waals surface area contributed by atoms with Gasteiger partial charge in [-0.1, -0.05) is 46.6 Å². The maximum absolute atomic E-state index is 13.9. The van der Waals surface area contributed by atoms with Crippen LogP contribution in [0.2, 0.25) is 0 Å². The molecular formula is C17H16BrFO. The first-order valence-electron chi connectivity index (χ1n) is 6.88. The maximum Gasteiger partial charge on any atom is 0.129 e. The molecule has 0 amide bonds. The molecule has 3 heteroatoms. The molecule has 0 aromatic heterocycles. The van der Waals surface area contributed by atoms with Crippen molar-refractivity contribution < 1.29 is 9.50 Å². The monoisotopic (exact) mass is 334 g/mol. The molecule has 1 N–H and O–H groups in total. The Bertz CT molecular complexity index is 622. The number of rotatable bonds is 3. The van der Waals surface area contributed by atoms with Gasteiger partial charge in [0.25, 0.3) is 0 Å². The van der Waals surface area contributed by atoms with E-state index in [1.54, 1.807) is 12.1 Å². The highest BCUT2D eigenvalue weighted by Crippen LogP contribution is 2.37. The van der Waals surface area contributed by atoms with Crippen LogP contribution in [0.15, 0.2) is 46.9 Å². The van der Waals surface area contributed by atoms with Crippen molar-refractivity contribution in [2.75, 3.05) is 0 Å². The number of aliphatic hydroxyl groups excluding tert-OH is 1. The first-order chi connectivity index (χ1) is 9.65. The van der Waals surface area contributed by atoms with Crippen LogP contribution in [-0.2, 0) is 0 Å². The molecule has 0 spiro atoms. The Morgan fingerprint density at radius 3 is 2.65 bits per heavy atom. The lowest BCUT2D eigenvalue weighted by atomic mass is 9.79. The van der Waals surface area contributed by atoms with Gasteiger partial charge in [0.2, 0.25) is 0 Å². The summed E-state index contributed by atoms with van der Waals surface area (Å²) in [5.41, 5.74) is 2.32. The normalized spacial score (nSPS) is 16.8. The summed E-state index contributed by atoms with van der Waals surface area (Å²) in [6.07, 6.45) is 2.78. The lowest BCUT2D eigenvalue weighted by molar-refractivity contribution is 0.214. The zero-order chi connectivity index (χ0) is 14.1. The van der Waals surface area contributed by atoms with E-state index in [1.165, 1.54) is 30.9 Å². The fraction of sp³-hybridized carbons (Fsp3) is 0.294. The van der Waals surface area contributed by atoms with Gasteiger partial charge < -0.3 is 5.11 Å². The molecule has 0 heterocycles. The van der Waals surface area contributed by atoms with E-state index in [4.69, 9.17) is 0 Å². The molecule has 1 fully saturated rings. The standard InChI is InChI=1S/C17H16BrFO/c18-14-7-8-16(19)15(10-14)17(20)13-6-2-5-12(9-13)11-3-1-4-11/h2,5-11,17,20H,1,3-4H2. The summed E-state index contributed by atoms with van der Waals surface area (Å²) in [6, 6.07) is 12.5. The minimum Gasteiger partial charge on any atom is -0.384 e. The van der Waals surface area contributed by atoms with Gasteiger partial charge in [-0.3, -0.25) is 0 Å². The molecule has 1 aliphatic rings. The summed E-state index contributed by atoms with van der Waals surface area (Å²) in [5.74, 6) is 0.226. The van der Waals surface area contributed by atoms with E-state index in [-0.39, 0.29) is 5.82 Å². The van der Waals surface area contributed by atoms with Crippen molar-refractivity contribution in [3.63, 3.8) is 0 Å². The van der Waals surface area contributed by atoms with Gasteiger partial charge in [-0.15, -0.1) is 0 Å². The third kappa shape index (κ3) is 2.65. The molecule has 0 bridgehead atoms. The van der Waals surface area contributed by atoms with Gasteiger partial charge in [0.1, 0.15) is 11.9 Å². The van der Waals surface area contributed by atoms with Gasteiger partial charge in [0.15, 0.2) is 0 Å². The van der Waals surface area contributed by atoms with Gasteiger partial charge in [0, 0.05) is 10.0 Å². The topological polar surface area (TPSA) is 20.2 Å². The number of aliphatic hydroxyl groups is 1. The Balaban J connectivity index is 1.93. The molecule has 20 heavy (non-hydrogen) atoms. The molecule has 1 unspecified atom stereocenters. The molecule has 1 saturated carbocycles. The van der Waals surface area contributed by atoms with Crippen molar-refractivity contribution in [3.05, 3.63) is 69.4 Å². The number of hydrogen-bond donors (Lipinski definition) is 1. The van der Waals surface area contributed by atoms with E-state index < -0.39 is 6.10 Å². The second-order valence-electron chi connectivity index (χ2n) is 5.37. The minimum atomic E-state index is -0.924. The summed E-state index contributed by atoms with van der Waals surface area (Å²) in [7, 11) is 0. The first-order valence-corrected chi connectivity index (χ1v) is 7.67. The predicted octanol–water partition coefficient (Wildman–Crippen LogP) is 4.94. The second-order valence-corrected chi connectivity index (χ2v) is 6.28. The molecule has 1 nitrogen and oxygen atoms in total. The molecule has 1 aliphatic carbocycles. The Kier molecular flexibility index (Phi) is 3.90. The quantitative estimate of drug-likeness (QED) is 0.843. The van der Waals surface area contributed by atoms with Crippen LogP contribution in [0.3, 0.4) is 0 Å². The highest BCUT2D eigenvalue weighted by molar-refractivity contribution is 9.10. The van der Waals surface area contributed by atoms with E-state index in [2.05, 4.69) is 22.0 Å². The van der Waals surface area contributed by atoms with Crippen LogP contribution in [0, 0.1) is 5.82 Å². The summed E-state index contributed by atoms with van der Waals surface area (Å²) in [5, 5.41) is 10.4. The fourth-order valence-corrected chi connectivity index (χ4v) is 3.01. The summed E-state index contributed by atoms with van der Waals surface area (Å²) < 4.78 is 14.6. The zero-order valence-electron chi connectivity index (χ0n) is 11.0. The lowest BCUT2D eigenvalue weighted by Crippen LogP contribution is -2.10. The van der Waals surface area contributed by atoms with E-state index in [0.29, 0.717) is 11.5 Å². The highest BCUT2D eigenvalue weighted by atomic mass is 79.9. The largest absolute Gasteiger partial charge is 0.384 e. The lowest BCUT2D eigenvalue weighted by Gasteiger charge is -2.26. The van der Waals surface area contributed by atoms with Crippen molar-refractivity contribution in [2.24, 2.45) is 0 Å². The second kappa shape index (κ2) is 5.66. The van der Waals surface area contributed by atoms with Crippen molar-refractivity contribution in [2.45, 2.75) is 31.3 Å². The first kappa shape index (κ1) is 13.8. The number of benzene rings is 2. The van der Waals surface area contributed by atoms with E-state index in [9.17, 15) is 9.50 Å². The molecule has 0 radical (unpaired) electrons. The molecule has 104 valence electrons. The average Bonchev–Trinajstić information content (AvgIpc) is 2.39. The summed E-state index contributed by atoms with van der Waals surface area (Å²) in [4.78, 5) is 0. The molecule has 2 aromatic rings. The number of hydrogen-bond acceptors (Lipinski definition) is 1. The highest BCUT2D eigenvalue weighted by Gasteiger charge is 2.21. The Morgan fingerprint density at radius 2 is 1.95 bits per heavy atom. The molecule has 0 aliphatic heterocycles. The van der Waals surface area contributed by atoms with Gasteiger partial charge in [-0.05, 0) is 48.1 Å². The summed E-state index contributed by atoms with van der Waals surface area (Å²) in [6.45, 7) is 0.